The third-order valence-corrected chi connectivity index (χ3v) is 7.09. The van der Waals surface area contributed by atoms with Crippen LogP contribution in [0.25, 0.3) is 0 Å². The molecule has 0 radical (unpaired) electrons. The third kappa shape index (κ3) is 5.51. The van der Waals surface area contributed by atoms with E-state index in [9.17, 15) is 13.2 Å². The highest BCUT2D eigenvalue weighted by atomic mass is 32.2. The van der Waals surface area contributed by atoms with Gasteiger partial charge in [-0.2, -0.15) is 0 Å². The molecule has 1 amide bonds. The Labute approximate surface area is 194 Å². The number of hydrogen-bond acceptors (Lipinski definition) is 7. The van der Waals surface area contributed by atoms with Crippen LogP contribution in [-0.2, 0) is 21.4 Å². The SMILES string of the molecule is C[C@H](Oc1ccc(N(C)S(C)(=O)=O)cc1)C(=O)N1CCN(Cc2ccc3c(c2)OCO3)CC1. The Kier molecular flexibility index (Phi) is 6.66. The number of carbonyl (C=O) groups excluding carboxylic acids is 1. The number of anilines is 1. The van der Waals surface area contributed by atoms with Gasteiger partial charge in [-0.1, -0.05) is 6.07 Å². The number of nitrogens with zero attached hydrogens (tertiary/aromatic N) is 3. The molecule has 2 aromatic rings. The van der Waals surface area contributed by atoms with Gasteiger partial charge in [-0.25, -0.2) is 8.42 Å². The molecule has 4 rings (SSSR count). The van der Waals surface area contributed by atoms with Crippen molar-refractivity contribution in [1.82, 2.24) is 9.80 Å². The summed E-state index contributed by atoms with van der Waals surface area (Å²) in [4.78, 5) is 17.0. The van der Waals surface area contributed by atoms with Crippen LogP contribution < -0.4 is 18.5 Å². The zero-order valence-electron chi connectivity index (χ0n) is 19.1. The number of sulfonamides is 1. The summed E-state index contributed by atoms with van der Waals surface area (Å²) in [5.74, 6) is 2.02. The van der Waals surface area contributed by atoms with Gasteiger partial charge in [0.05, 0.1) is 11.9 Å². The zero-order valence-corrected chi connectivity index (χ0v) is 19.9. The number of piperazine rings is 1. The Bertz CT molecular complexity index is 1100. The molecule has 0 bridgehead atoms. The van der Waals surface area contributed by atoms with Crippen molar-refractivity contribution in [3.8, 4) is 17.2 Å². The van der Waals surface area contributed by atoms with Crippen molar-refractivity contribution in [2.24, 2.45) is 0 Å². The molecule has 2 aromatic carbocycles. The molecule has 0 saturated carbocycles. The van der Waals surface area contributed by atoms with Crippen LogP contribution in [0.2, 0.25) is 0 Å². The van der Waals surface area contributed by atoms with Crippen LogP contribution in [0.15, 0.2) is 42.5 Å². The number of ether oxygens (including phenoxy) is 3. The van der Waals surface area contributed by atoms with Gasteiger partial charge >= 0.3 is 0 Å². The molecule has 0 spiro atoms. The van der Waals surface area contributed by atoms with E-state index in [0.29, 0.717) is 24.5 Å². The number of rotatable bonds is 7. The lowest BCUT2D eigenvalue weighted by Crippen LogP contribution is -2.51. The monoisotopic (exact) mass is 475 g/mol. The largest absolute Gasteiger partial charge is 0.481 e. The lowest BCUT2D eigenvalue weighted by atomic mass is 10.1. The molecular weight excluding hydrogens is 446 g/mol. The van der Waals surface area contributed by atoms with Gasteiger partial charge in [-0.3, -0.25) is 14.0 Å². The molecule has 0 aromatic heterocycles. The van der Waals surface area contributed by atoms with Crippen LogP contribution in [0.1, 0.15) is 12.5 Å². The predicted octanol–water partition coefficient (Wildman–Crippen LogP) is 1.92. The highest BCUT2D eigenvalue weighted by molar-refractivity contribution is 7.92. The van der Waals surface area contributed by atoms with E-state index < -0.39 is 16.1 Å². The molecule has 9 nitrogen and oxygen atoms in total. The zero-order chi connectivity index (χ0) is 23.6. The molecule has 2 heterocycles. The number of benzene rings is 2. The Morgan fingerprint density at radius 1 is 1.06 bits per heavy atom. The molecule has 0 unspecified atom stereocenters. The minimum absolute atomic E-state index is 0.0601. The second-order valence-corrected chi connectivity index (χ2v) is 10.3. The highest BCUT2D eigenvalue weighted by Gasteiger charge is 2.26. The topological polar surface area (TPSA) is 88.6 Å². The molecule has 0 N–H and O–H groups in total. The average molecular weight is 476 g/mol. The number of hydrogen-bond donors (Lipinski definition) is 0. The first-order valence-corrected chi connectivity index (χ1v) is 12.7. The van der Waals surface area contributed by atoms with Gasteiger partial charge in [-0.15, -0.1) is 0 Å². The normalized spacial score (nSPS) is 17.0. The lowest BCUT2D eigenvalue weighted by Gasteiger charge is -2.36. The molecule has 10 heteroatoms. The van der Waals surface area contributed by atoms with Crippen molar-refractivity contribution < 1.29 is 27.4 Å². The number of carbonyl (C=O) groups is 1. The molecule has 2 aliphatic rings. The van der Waals surface area contributed by atoms with Gasteiger partial charge in [0.1, 0.15) is 5.75 Å². The Balaban J connectivity index is 1.27. The van der Waals surface area contributed by atoms with E-state index >= 15 is 0 Å². The van der Waals surface area contributed by atoms with E-state index in [0.717, 1.165) is 43.0 Å². The first kappa shape index (κ1) is 23.2. The summed E-state index contributed by atoms with van der Waals surface area (Å²) in [6.45, 7) is 5.61. The summed E-state index contributed by atoms with van der Waals surface area (Å²) < 4.78 is 41.1. The summed E-state index contributed by atoms with van der Waals surface area (Å²) in [6, 6.07) is 12.6. The molecule has 0 aliphatic carbocycles. The standard InChI is InChI=1S/C23H29N3O6S/c1-17(32-20-7-5-19(6-8-20)24(2)33(3,28)29)23(27)26-12-10-25(11-13-26)15-18-4-9-21-22(14-18)31-16-30-21/h4-9,14,17H,10-13,15-16H2,1-3H3/t17-/m0/s1. The molecule has 1 atom stereocenters. The fourth-order valence-corrected chi connectivity index (χ4v) is 4.37. The van der Waals surface area contributed by atoms with Gasteiger partial charge in [0.15, 0.2) is 17.6 Å². The van der Waals surface area contributed by atoms with Gasteiger partial charge in [-0.05, 0) is 48.9 Å². The molecule has 1 fully saturated rings. The average Bonchev–Trinajstić information content (AvgIpc) is 3.26. The van der Waals surface area contributed by atoms with Gasteiger partial charge in [0.25, 0.3) is 5.91 Å². The Hall–Kier alpha value is -2.98. The molecule has 178 valence electrons. The van der Waals surface area contributed by atoms with E-state index in [1.54, 1.807) is 31.2 Å². The van der Waals surface area contributed by atoms with E-state index in [2.05, 4.69) is 4.90 Å². The smallest absolute Gasteiger partial charge is 0.263 e. The van der Waals surface area contributed by atoms with Crippen LogP contribution in [0.5, 0.6) is 17.2 Å². The third-order valence-electron chi connectivity index (χ3n) is 5.89. The second kappa shape index (κ2) is 9.48. The van der Waals surface area contributed by atoms with E-state index in [-0.39, 0.29) is 12.7 Å². The summed E-state index contributed by atoms with van der Waals surface area (Å²) >= 11 is 0. The maximum atomic E-state index is 12.9. The maximum absolute atomic E-state index is 12.9. The quantitative estimate of drug-likeness (QED) is 0.605. The molecule has 1 saturated heterocycles. The predicted molar refractivity (Wildman–Crippen MR) is 124 cm³/mol. The Morgan fingerprint density at radius 2 is 1.73 bits per heavy atom. The van der Waals surface area contributed by atoms with Crippen molar-refractivity contribution in [3.63, 3.8) is 0 Å². The van der Waals surface area contributed by atoms with Crippen LogP contribution in [-0.4, -0.2) is 76.5 Å². The van der Waals surface area contributed by atoms with Crippen LogP contribution in [0, 0.1) is 0 Å². The van der Waals surface area contributed by atoms with Gasteiger partial charge < -0.3 is 19.1 Å². The van der Waals surface area contributed by atoms with Crippen molar-refractivity contribution in [2.45, 2.75) is 19.6 Å². The van der Waals surface area contributed by atoms with Crippen molar-refractivity contribution in [3.05, 3.63) is 48.0 Å². The summed E-state index contributed by atoms with van der Waals surface area (Å²) in [6.07, 6.45) is 0.511. The summed E-state index contributed by atoms with van der Waals surface area (Å²) in [5, 5.41) is 0. The maximum Gasteiger partial charge on any atom is 0.263 e. The number of fused-ring (bicyclic) bond motifs is 1. The fourth-order valence-electron chi connectivity index (χ4n) is 3.86. The van der Waals surface area contributed by atoms with Crippen molar-refractivity contribution in [1.29, 1.82) is 0 Å². The first-order chi connectivity index (χ1) is 15.7. The first-order valence-electron chi connectivity index (χ1n) is 10.8. The Morgan fingerprint density at radius 3 is 2.39 bits per heavy atom. The highest BCUT2D eigenvalue weighted by Crippen LogP contribution is 2.33. The minimum Gasteiger partial charge on any atom is -0.481 e. The second-order valence-electron chi connectivity index (χ2n) is 8.27. The van der Waals surface area contributed by atoms with E-state index in [4.69, 9.17) is 14.2 Å². The minimum atomic E-state index is -3.33. The summed E-state index contributed by atoms with van der Waals surface area (Å²) in [5.41, 5.74) is 1.68. The van der Waals surface area contributed by atoms with Crippen molar-refractivity contribution in [2.75, 3.05) is 50.6 Å². The molecular formula is C23H29N3O6S. The lowest BCUT2D eigenvalue weighted by molar-refractivity contribution is -0.139. The summed E-state index contributed by atoms with van der Waals surface area (Å²) in [7, 11) is -1.84. The molecule has 33 heavy (non-hydrogen) atoms. The number of amides is 1. The van der Waals surface area contributed by atoms with E-state index in [1.165, 1.54) is 11.4 Å². The van der Waals surface area contributed by atoms with Crippen LogP contribution in [0.4, 0.5) is 5.69 Å². The van der Waals surface area contributed by atoms with Crippen LogP contribution >= 0.6 is 0 Å². The van der Waals surface area contributed by atoms with Crippen molar-refractivity contribution >= 4 is 21.6 Å². The van der Waals surface area contributed by atoms with Crippen LogP contribution in [0.3, 0.4) is 0 Å². The van der Waals surface area contributed by atoms with Gasteiger partial charge in [0.2, 0.25) is 16.8 Å². The van der Waals surface area contributed by atoms with Gasteiger partial charge in [0, 0.05) is 39.8 Å². The fraction of sp³-hybridized carbons (Fsp3) is 0.435. The van der Waals surface area contributed by atoms with E-state index in [1.807, 2.05) is 23.1 Å². The molecule has 2 aliphatic heterocycles.